The number of aromatic nitrogens is 5. The standard InChI is InChI=1S/C17H19ClN6O/c1-12-16(18)13(2)24(22-12)8-4-7-19-17(25)14-5-3-6-15(9-14)23-10-20-21-11-23/h3,5-6,9-11H,4,7-8H2,1-2H3,(H,19,25). The van der Waals surface area contributed by atoms with Crippen LogP contribution < -0.4 is 5.32 Å². The fourth-order valence-corrected chi connectivity index (χ4v) is 2.70. The molecular formula is C17H19ClN6O. The zero-order valence-electron chi connectivity index (χ0n) is 14.1. The second kappa shape index (κ2) is 7.48. The van der Waals surface area contributed by atoms with Crippen molar-refractivity contribution in [3.63, 3.8) is 0 Å². The first-order valence-corrected chi connectivity index (χ1v) is 8.37. The van der Waals surface area contributed by atoms with E-state index in [-0.39, 0.29) is 5.91 Å². The van der Waals surface area contributed by atoms with Crippen LogP contribution in [0.2, 0.25) is 5.02 Å². The second-order valence-electron chi connectivity index (χ2n) is 5.74. The second-order valence-corrected chi connectivity index (χ2v) is 6.11. The molecule has 130 valence electrons. The summed E-state index contributed by atoms with van der Waals surface area (Å²) in [5, 5.41) is 15.6. The van der Waals surface area contributed by atoms with Crippen molar-refractivity contribution in [1.82, 2.24) is 29.9 Å². The first-order chi connectivity index (χ1) is 12.1. The van der Waals surface area contributed by atoms with E-state index < -0.39 is 0 Å². The smallest absolute Gasteiger partial charge is 0.251 e. The minimum Gasteiger partial charge on any atom is -0.352 e. The first kappa shape index (κ1) is 17.2. The van der Waals surface area contributed by atoms with Gasteiger partial charge in [-0.25, -0.2) is 0 Å². The van der Waals surface area contributed by atoms with Gasteiger partial charge < -0.3 is 5.32 Å². The van der Waals surface area contributed by atoms with Crippen molar-refractivity contribution in [1.29, 1.82) is 0 Å². The monoisotopic (exact) mass is 358 g/mol. The maximum atomic E-state index is 12.3. The molecule has 0 aliphatic carbocycles. The highest BCUT2D eigenvalue weighted by Crippen LogP contribution is 2.18. The number of aryl methyl sites for hydroxylation is 2. The molecule has 7 nitrogen and oxygen atoms in total. The van der Waals surface area contributed by atoms with Crippen LogP contribution in [0.4, 0.5) is 0 Å². The lowest BCUT2D eigenvalue weighted by Crippen LogP contribution is -2.25. The normalized spacial score (nSPS) is 10.8. The van der Waals surface area contributed by atoms with Crippen molar-refractivity contribution in [2.45, 2.75) is 26.8 Å². The number of carbonyl (C=O) groups is 1. The molecule has 0 saturated carbocycles. The van der Waals surface area contributed by atoms with E-state index in [0.717, 1.165) is 23.5 Å². The van der Waals surface area contributed by atoms with Gasteiger partial charge in [-0.05, 0) is 38.5 Å². The molecule has 25 heavy (non-hydrogen) atoms. The molecule has 8 heteroatoms. The summed E-state index contributed by atoms with van der Waals surface area (Å²) in [5.74, 6) is -0.110. The third kappa shape index (κ3) is 3.88. The molecule has 3 aromatic rings. The third-order valence-corrected chi connectivity index (χ3v) is 4.50. The van der Waals surface area contributed by atoms with E-state index in [9.17, 15) is 4.79 Å². The molecule has 0 aliphatic rings. The maximum Gasteiger partial charge on any atom is 0.251 e. The quantitative estimate of drug-likeness (QED) is 0.687. The highest BCUT2D eigenvalue weighted by Gasteiger charge is 2.09. The molecule has 2 aromatic heterocycles. The Morgan fingerprint density at radius 2 is 2.00 bits per heavy atom. The molecule has 1 N–H and O–H groups in total. The Kier molecular flexibility index (Phi) is 5.14. The highest BCUT2D eigenvalue weighted by molar-refractivity contribution is 6.31. The van der Waals surface area contributed by atoms with Gasteiger partial charge in [-0.3, -0.25) is 14.0 Å². The summed E-state index contributed by atoms with van der Waals surface area (Å²) >= 11 is 6.13. The topological polar surface area (TPSA) is 77.6 Å². The minimum absolute atomic E-state index is 0.110. The largest absolute Gasteiger partial charge is 0.352 e. The number of rotatable bonds is 6. The average molecular weight is 359 g/mol. The molecule has 1 amide bonds. The minimum atomic E-state index is -0.110. The number of benzene rings is 1. The first-order valence-electron chi connectivity index (χ1n) is 7.99. The zero-order chi connectivity index (χ0) is 17.8. The molecule has 0 fully saturated rings. The number of nitrogens with one attached hydrogen (secondary N) is 1. The Hall–Kier alpha value is -2.67. The Morgan fingerprint density at radius 3 is 2.68 bits per heavy atom. The number of carbonyl (C=O) groups excluding carboxylic acids is 1. The molecule has 0 spiro atoms. The molecule has 0 atom stereocenters. The molecular weight excluding hydrogens is 340 g/mol. The van der Waals surface area contributed by atoms with E-state index in [0.29, 0.717) is 23.7 Å². The van der Waals surface area contributed by atoms with Crippen molar-refractivity contribution < 1.29 is 4.79 Å². The lowest BCUT2D eigenvalue weighted by molar-refractivity contribution is 0.0952. The SMILES string of the molecule is Cc1nn(CCCNC(=O)c2cccc(-n3cnnc3)c2)c(C)c1Cl. The highest BCUT2D eigenvalue weighted by atomic mass is 35.5. The Morgan fingerprint density at radius 1 is 1.24 bits per heavy atom. The molecule has 0 bridgehead atoms. The van der Waals surface area contributed by atoms with Gasteiger partial charge >= 0.3 is 0 Å². The van der Waals surface area contributed by atoms with E-state index in [1.165, 1.54) is 0 Å². The van der Waals surface area contributed by atoms with Gasteiger partial charge in [0, 0.05) is 24.3 Å². The predicted octanol–water partition coefficient (Wildman–Crippen LogP) is 2.55. The summed E-state index contributed by atoms with van der Waals surface area (Å²) < 4.78 is 3.62. The lowest BCUT2D eigenvalue weighted by Gasteiger charge is -2.08. The molecule has 0 saturated heterocycles. The van der Waals surface area contributed by atoms with Crippen molar-refractivity contribution in [2.24, 2.45) is 0 Å². The summed E-state index contributed by atoms with van der Waals surface area (Å²) in [6, 6.07) is 7.32. The van der Waals surface area contributed by atoms with Crippen LogP contribution in [-0.2, 0) is 6.54 Å². The summed E-state index contributed by atoms with van der Waals surface area (Å²) in [6.07, 6.45) is 3.96. The van der Waals surface area contributed by atoms with Crippen molar-refractivity contribution >= 4 is 17.5 Å². The number of hydrogen-bond donors (Lipinski definition) is 1. The number of nitrogens with zero attached hydrogens (tertiary/aromatic N) is 5. The van der Waals surface area contributed by atoms with Gasteiger partial charge in [-0.2, -0.15) is 5.10 Å². The van der Waals surface area contributed by atoms with Crippen molar-refractivity contribution in [3.8, 4) is 5.69 Å². The van der Waals surface area contributed by atoms with Gasteiger partial charge in [-0.1, -0.05) is 17.7 Å². The van der Waals surface area contributed by atoms with E-state index in [2.05, 4.69) is 20.6 Å². The van der Waals surface area contributed by atoms with Gasteiger partial charge in [0.1, 0.15) is 12.7 Å². The maximum absolute atomic E-state index is 12.3. The predicted molar refractivity (Wildman–Crippen MR) is 95.0 cm³/mol. The van der Waals surface area contributed by atoms with Crippen LogP contribution in [0.5, 0.6) is 0 Å². The van der Waals surface area contributed by atoms with Crippen molar-refractivity contribution in [3.05, 3.63) is 58.9 Å². The van der Waals surface area contributed by atoms with Crippen LogP contribution in [0.15, 0.2) is 36.9 Å². The fraction of sp³-hybridized carbons (Fsp3) is 0.294. The van der Waals surface area contributed by atoms with E-state index in [1.54, 1.807) is 29.4 Å². The lowest BCUT2D eigenvalue weighted by atomic mass is 10.2. The summed E-state index contributed by atoms with van der Waals surface area (Å²) in [4.78, 5) is 12.3. The van der Waals surface area contributed by atoms with Crippen LogP contribution in [-0.4, -0.2) is 37.0 Å². The average Bonchev–Trinajstić information content (AvgIpc) is 3.24. The van der Waals surface area contributed by atoms with Crippen LogP contribution in [0.25, 0.3) is 5.69 Å². The van der Waals surface area contributed by atoms with Gasteiger partial charge in [0.05, 0.1) is 16.4 Å². The molecule has 3 rings (SSSR count). The Balaban J connectivity index is 1.54. The van der Waals surface area contributed by atoms with Gasteiger partial charge in [0.25, 0.3) is 5.91 Å². The Labute approximate surface area is 150 Å². The fourth-order valence-electron chi connectivity index (χ4n) is 2.57. The molecule has 0 unspecified atom stereocenters. The zero-order valence-corrected chi connectivity index (χ0v) is 14.9. The van der Waals surface area contributed by atoms with E-state index in [1.807, 2.05) is 30.7 Å². The summed E-state index contributed by atoms with van der Waals surface area (Å²) in [6.45, 7) is 5.10. The summed E-state index contributed by atoms with van der Waals surface area (Å²) in [5.41, 5.74) is 3.22. The van der Waals surface area contributed by atoms with Gasteiger partial charge in [0.2, 0.25) is 0 Å². The number of halogens is 1. The van der Waals surface area contributed by atoms with Crippen LogP contribution in [0.1, 0.15) is 28.2 Å². The van der Waals surface area contributed by atoms with Crippen molar-refractivity contribution in [2.75, 3.05) is 6.54 Å². The molecule has 0 aliphatic heterocycles. The van der Waals surface area contributed by atoms with E-state index in [4.69, 9.17) is 11.6 Å². The van der Waals surface area contributed by atoms with Crippen LogP contribution >= 0.6 is 11.6 Å². The number of hydrogen-bond acceptors (Lipinski definition) is 4. The van der Waals surface area contributed by atoms with Crippen LogP contribution in [0, 0.1) is 13.8 Å². The molecule has 1 aromatic carbocycles. The summed E-state index contributed by atoms with van der Waals surface area (Å²) in [7, 11) is 0. The molecule has 2 heterocycles. The van der Waals surface area contributed by atoms with Gasteiger partial charge in [-0.15, -0.1) is 10.2 Å². The molecule has 0 radical (unpaired) electrons. The third-order valence-electron chi connectivity index (χ3n) is 3.95. The van der Waals surface area contributed by atoms with Gasteiger partial charge in [0.15, 0.2) is 0 Å². The number of amides is 1. The van der Waals surface area contributed by atoms with Crippen LogP contribution in [0.3, 0.4) is 0 Å². The van der Waals surface area contributed by atoms with E-state index >= 15 is 0 Å². The Bertz CT molecular complexity index is 871.